The van der Waals surface area contributed by atoms with Gasteiger partial charge in [0.1, 0.15) is 0 Å². The Balaban J connectivity index is 2.49. The fourth-order valence-electron chi connectivity index (χ4n) is 1.40. The van der Waals surface area contributed by atoms with Crippen LogP contribution in [0, 0.1) is 17.5 Å². The largest absolute Gasteiger partial charge is 0.271 e. The van der Waals surface area contributed by atoms with E-state index in [9.17, 15) is 13.2 Å². The van der Waals surface area contributed by atoms with Crippen LogP contribution in [0.25, 0.3) is 0 Å². The van der Waals surface area contributed by atoms with Gasteiger partial charge >= 0.3 is 0 Å². The predicted molar refractivity (Wildman–Crippen MR) is 55.4 cm³/mol. The van der Waals surface area contributed by atoms with Crippen LogP contribution in [0.2, 0.25) is 0 Å². The summed E-state index contributed by atoms with van der Waals surface area (Å²) < 4.78 is 47.0. The molecule has 0 spiro atoms. The van der Waals surface area contributed by atoms with Crippen LogP contribution in [-0.4, -0.2) is 8.75 Å². The van der Waals surface area contributed by atoms with Crippen molar-refractivity contribution in [3.8, 4) is 0 Å². The number of hydrogen-bond acceptors (Lipinski definition) is 5. The standard InChI is InChI=1S/C9H7F3N4S/c10-5-2-1-4(7(11)8(5)12)9(15-13)6-3-14-17-16-6/h1-3,9,15H,13H2. The van der Waals surface area contributed by atoms with Gasteiger partial charge < -0.3 is 0 Å². The van der Waals surface area contributed by atoms with Crippen LogP contribution in [0.3, 0.4) is 0 Å². The Labute approximate surface area is 98.6 Å². The van der Waals surface area contributed by atoms with E-state index in [1.807, 2.05) is 0 Å². The minimum Gasteiger partial charge on any atom is -0.271 e. The van der Waals surface area contributed by atoms with Crippen molar-refractivity contribution in [2.75, 3.05) is 0 Å². The summed E-state index contributed by atoms with van der Waals surface area (Å²) in [6.07, 6.45) is 1.37. The molecule has 0 aliphatic rings. The zero-order valence-corrected chi connectivity index (χ0v) is 9.14. The highest BCUT2D eigenvalue weighted by Gasteiger charge is 2.22. The van der Waals surface area contributed by atoms with E-state index in [4.69, 9.17) is 5.84 Å². The van der Waals surface area contributed by atoms with Gasteiger partial charge in [-0.25, -0.2) is 18.6 Å². The predicted octanol–water partition coefficient (Wildman–Crippen LogP) is 1.51. The zero-order chi connectivity index (χ0) is 12.4. The van der Waals surface area contributed by atoms with Crippen LogP contribution in [0.5, 0.6) is 0 Å². The van der Waals surface area contributed by atoms with Gasteiger partial charge in [-0.05, 0) is 6.07 Å². The van der Waals surface area contributed by atoms with E-state index in [1.54, 1.807) is 0 Å². The summed E-state index contributed by atoms with van der Waals surface area (Å²) in [6.45, 7) is 0. The van der Waals surface area contributed by atoms with E-state index in [0.717, 1.165) is 23.9 Å². The molecule has 0 bridgehead atoms. The summed E-state index contributed by atoms with van der Waals surface area (Å²) in [6, 6.07) is 1.07. The quantitative estimate of drug-likeness (QED) is 0.499. The van der Waals surface area contributed by atoms with Crippen LogP contribution in [0.4, 0.5) is 13.2 Å². The number of halogens is 3. The summed E-state index contributed by atoms with van der Waals surface area (Å²) in [7, 11) is 0. The number of rotatable bonds is 3. The molecule has 0 saturated heterocycles. The molecular formula is C9H7F3N4S. The first-order chi connectivity index (χ1) is 8.15. The van der Waals surface area contributed by atoms with Crippen LogP contribution in [0.15, 0.2) is 18.3 Å². The Morgan fingerprint density at radius 3 is 2.59 bits per heavy atom. The molecule has 4 nitrogen and oxygen atoms in total. The van der Waals surface area contributed by atoms with Crippen LogP contribution < -0.4 is 11.3 Å². The van der Waals surface area contributed by atoms with Crippen molar-refractivity contribution in [2.24, 2.45) is 5.84 Å². The van der Waals surface area contributed by atoms with Crippen LogP contribution >= 0.6 is 11.7 Å². The van der Waals surface area contributed by atoms with Crippen molar-refractivity contribution < 1.29 is 13.2 Å². The molecule has 1 unspecified atom stereocenters. The average Bonchev–Trinajstić information content (AvgIpc) is 2.84. The van der Waals surface area contributed by atoms with Gasteiger partial charge in [0.05, 0.1) is 29.7 Å². The molecule has 0 amide bonds. The highest BCUT2D eigenvalue weighted by atomic mass is 32.1. The number of hydrazine groups is 1. The van der Waals surface area contributed by atoms with Crippen molar-refractivity contribution in [3.05, 3.63) is 47.0 Å². The molecule has 17 heavy (non-hydrogen) atoms. The number of benzene rings is 1. The number of nitrogens with zero attached hydrogens (tertiary/aromatic N) is 2. The molecule has 2 aromatic rings. The summed E-state index contributed by atoms with van der Waals surface area (Å²) in [5, 5.41) is 0. The summed E-state index contributed by atoms with van der Waals surface area (Å²) in [5.41, 5.74) is 2.49. The second-order valence-electron chi connectivity index (χ2n) is 3.20. The molecule has 8 heteroatoms. The first-order valence-electron chi connectivity index (χ1n) is 4.52. The van der Waals surface area contributed by atoms with Crippen molar-refractivity contribution in [3.63, 3.8) is 0 Å². The Kier molecular flexibility index (Phi) is 3.36. The molecule has 0 saturated carbocycles. The fourth-order valence-corrected chi connectivity index (χ4v) is 1.85. The van der Waals surface area contributed by atoms with Crippen molar-refractivity contribution in [1.29, 1.82) is 0 Å². The highest BCUT2D eigenvalue weighted by molar-refractivity contribution is 6.99. The van der Waals surface area contributed by atoms with Crippen LogP contribution in [-0.2, 0) is 0 Å². The molecule has 3 N–H and O–H groups in total. The lowest BCUT2D eigenvalue weighted by atomic mass is 10.0. The lowest BCUT2D eigenvalue weighted by Crippen LogP contribution is -2.30. The van der Waals surface area contributed by atoms with Crippen molar-refractivity contribution >= 4 is 11.7 Å². The maximum Gasteiger partial charge on any atom is 0.194 e. The van der Waals surface area contributed by atoms with Gasteiger partial charge in [-0.3, -0.25) is 5.84 Å². The molecule has 0 radical (unpaired) electrons. The third-order valence-corrected chi connectivity index (χ3v) is 2.71. The minimum absolute atomic E-state index is 0.126. The van der Waals surface area contributed by atoms with Crippen molar-refractivity contribution in [1.82, 2.24) is 14.2 Å². The van der Waals surface area contributed by atoms with E-state index in [1.165, 1.54) is 6.20 Å². The van der Waals surface area contributed by atoms with Gasteiger partial charge in [0.15, 0.2) is 17.5 Å². The second kappa shape index (κ2) is 4.78. The van der Waals surface area contributed by atoms with E-state index in [0.29, 0.717) is 5.69 Å². The van der Waals surface area contributed by atoms with Gasteiger partial charge in [-0.1, -0.05) is 6.07 Å². The molecule has 1 atom stereocenters. The molecule has 0 aliphatic carbocycles. The average molecular weight is 260 g/mol. The highest BCUT2D eigenvalue weighted by Crippen LogP contribution is 2.25. The maximum atomic E-state index is 13.5. The molecule has 90 valence electrons. The lowest BCUT2D eigenvalue weighted by Gasteiger charge is -2.14. The van der Waals surface area contributed by atoms with E-state index in [-0.39, 0.29) is 5.56 Å². The van der Waals surface area contributed by atoms with E-state index in [2.05, 4.69) is 14.2 Å². The molecular weight excluding hydrogens is 253 g/mol. The normalized spacial score (nSPS) is 12.7. The molecule has 1 heterocycles. The van der Waals surface area contributed by atoms with E-state index >= 15 is 0 Å². The van der Waals surface area contributed by atoms with Gasteiger partial charge in [0, 0.05) is 5.56 Å². The summed E-state index contributed by atoms with van der Waals surface area (Å²) >= 11 is 0.905. The summed E-state index contributed by atoms with van der Waals surface area (Å²) in [4.78, 5) is 0. The Bertz CT molecular complexity index is 517. The fraction of sp³-hybridized carbons (Fsp3) is 0.111. The van der Waals surface area contributed by atoms with Gasteiger partial charge in [0.2, 0.25) is 0 Å². The number of nitrogens with one attached hydrogen (secondary N) is 1. The van der Waals surface area contributed by atoms with Crippen LogP contribution in [0.1, 0.15) is 17.3 Å². The third-order valence-electron chi connectivity index (χ3n) is 2.22. The topological polar surface area (TPSA) is 63.8 Å². The first-order valence-corrected chi connectivity index (χ1v) is 5.25. The third kappa shape index (κ3) is 2.14. The van der Waals surface area contributed by atoms with Gasteiger partial charge in [0.25, 0.3) is 0 Å². The molecule has 0 aliphatic heterocycles. The van der Waals surface area contributed by atoms with E-state index < -0.39 is 23.5 Å². The number of aromatic nitrogens is 2. The zero-order valence-electron chi connectivity index (χ0n) is 8.32. The second-order valence-corrected chi connectivity index (χ2v) is 3.75. The molecule has 0 fully saturated rings. The first kappa shape index (κ1) is 12.0. The Morgan fingerprint density at radius 1 is 1.24 bits per heavy atom. The molecule has 2 rings (SSSR count). The summed E-state index contributed by atoms with van der Waals surface area (Å²) in [5.74, 6) is 1.18. The molecule has 1 aromatic carbocycles. The number of nitrogens with two attached hydrogens (primary N) is 1. The Morgan fingerprint density at radius 2 is 2.00 bits per heavy atom. The number of hydrogen-bond donors (Lipinski definition) is 2. The maximum absolute atomic E-state index is 13.5. The molecule has 1 aromatic heterocycles. The monoisotopic (exact) mass is 260 g/mol. The lowest BCUT2D eigenvalue weighted by molar-refractivity contribution is 0.432. The van der Waals surface area contributed by atoms with Gasteiger partial charge in [-0.15, -0.1) is 0 Å². The smallest absolute Gasteiger partial charge is 0.194 e. The van der Waals surface area contributed by atoms with Gasteiger partial charge in [-0.2, -0.15) is 8.75 Å². The SMILES string of the molecule is NNC(c1cnsn1)c1ccc(F)c(F)c1F. The minimum atomic E-state index is -1.54. The van der Waals surface area contributed by atoms with Crippen molar-refractivity contribution in [2.45, 2.75) is 6.04 Å². The Hall–Kier alpha value is -1.51.